The van der Waals surface area contributed by atoms with Crippen LogP contribution in [0.2, 0.25) is 0 Å². The first kappa shape index (κ1) is 19.1. The van der Waals surface area contributed by atoms with Gasteiger partial charge in [0.05, 0.1) is 0 Å². The summed E-state index contributed by atoms with van der Waals surface area (Å²) in [5.41, 5.74) is 0.553. The van der Waals surface area contributed by atoms with E-state index in [2.05, 4.69) is 5.32 Å². The Labute approximate surface area is 161 Å². The third-order valence-electron chi connectivity index (χ3n) is 3.85. The van der Waals surface area contributed by atoms with Crippen LogP contribution in [-0.4, -0.2) is 18.5 Å². The fourth-order valence-corrected chi connectivity index (χ4v) is 2.44. The smallest absolute Gasteiger partial charge is 0.342 e. The summed E-state index contributed by atoms with van der Waals surface area (Å²) in [4.78, 5) is 24.2. The molecule has 0 aliphatic heterocycles. The quantitative estimate of drug-likeness (QED) is 0.628. The van der Waals surface area contributed by atoms with E-state index in [0.29, 0.717) is 17.1 Å². The van der Waals surface area contributed by atoms with E-state index in [1.54, 1.807) is 54.6 Å². The van der Waals surface area contributed by atoms with Gasteiger partial charge in [0.15, 0.2) is 6.61 Å². The maximum Gasteiger partial charge on any atom is 0.342 e. The van der Waals surface area contributed by atoms with E-state index in [-0.39, 0.29) is 12.1 Å². The third-order valence-corrected chi connectivity index (χ3v) is 3.85. The Kier molecular flexibility index (Phi) is 6.36. The molecule has 0 bridgehead atoms. The van der Waals surface area contributed by atoms with Crippen LogP contribution in [0.15, 0.2) is 78.9 Å². The second-order valence-electron chi connectivity index (χ2n) is 5.86. The second-order valence-corrected chi connectivity index (χ2v) is 5.86. The topological polar surface area (TPSA) is 64.6 Å². The molecule has 28 heavy (non-hydrogen) atoms. The first-order valence-electron chi connectivity index (χ1n) is 8.62. The second kappa shape index (κ2) is 9.32. The van der Waals surface area contributed by atoms with Gasteiger partial charge in [-0.15, -0.1) is 0 Å². The highest BCUT2D eigenvalue weighted by Crippen LogP contribution is 2.25. The van der Waals surface area contributed by atoms with Crippen molar-refractivity contribution in [1.82, 2.24) is 5.32 Å². The first-order valence-corrected chi connectivity index (χ1v) is 8.62. The average Bonchev–Trinajstić information content (AvgIpc) is 2.72. The van der Waals surface area contributed by atoms with Crippen LogP contribution in [0, 0.1) is 5.82 Å². The van der Waals surface area contributed by atoms with E-state index >= 15 is 0 Å². The van der Waals surface area contributed by atoms with Crippen molar-refractivity contribution in [2.75, 3.05) is 6.61 Å². The Morgan fingerprint density at radius 2 is 1.54 bits per heavy atom. The number of para-hydroxylation sites is 2. The van der Waals surface area contributed by atoms with Gasteiger partial charge in [-0.25, -0.2) is 9.18 Å². The largest absolute Gasteiger partial charge is 0.456 e. The SMILES string of the molecule is O=C(COC(=O)c1ccccc1Oc1ccccc1)NCc1ccccc1F. The zero-order valence-corrected chi connectivity index (χ0v) is 14.9. The number of carbonyl (C=O) groups excluding carboxylic acids is 2. The molecule has 3 rings (SSSR count). The van der Waals surface area contributed by atoms with Crippen LogP contribution in [-0.2, 0) is 16.1 Å². The van der Waals surface area contributed by atoms with Crippen LogP contribution in [0.3, 0.4) is 0 Å². The molecule has 0 unspecified atom stereocenters. The number of nitrogens with one attached hydrogen (secondary N) is 1. The highest BCUT2D eigenvalue weighted by molar-refractivity contribution is 5.94. The van der Waals surface area contributed by atoms with Gasteiger partial charge in [0.25, 0.3) is 5.91 Å². The summed E-state index contributed by atoms with van der Waals surface area (Å²) >= 11 is 0. The summed E-state index contributed by atoms with van der Waals surface area (Å²) in [7, 11) is 0. The molecule has 0 radical (unpaired) electrons. The molecule has 142 valence electrons. The highest BCUT2D eigenvalue weighted by Gasteiger charge is 2.16. The third kappa shape index (κ3) is 5.17. The molecular weight excluding hydrogens is 361 g/mol. The monoisotopic (exact) mass is 379 g/mol. The lowest BCUT2D eigenvalue weighted by atomic mass is 10.2. The molecule has 6 heteroatoms. The summed E-state index contributed by atoms with van der Waals surface area (Å²) in [6, 6.07) is 21.7. The molecule has 0 aromatic heterocycles. The van der Waals surface area contributed by atoms with Crippen LogP contribution in [0.1, 0.15) is 15.9 Å². The molecule has 0 spiro atoms. The molecule has 5 nitrogen and oxygen atoms in total. The fourth-order valence-electron chi connectivity index (χ4n) is 2.44. The van der Waals surface area contributed by atoms with E-state index in [1.807, 2.05) is 18.2 Å². The van der Waals surface area contributed by atoms with Crippen molar-refractivity contribution < 1.29 is 23.5 Å². The minimum atomic E-state index is -0.687. The molecule has 0 aliphatic rings. The minimum Gasteiger partial charge on any atom is -0.456 e. The van der Waals surface area contributed by atoms with Crippen LogP contribution < -0.4 is 10.1 Å². The maximum atomic E-state index is 13.5. The van der Waals surface area contributed by atoms with Gasteiger partial charge in [-0.05, 0) is 30.3 Å². The van der Waals surface area contributed by atoms with Crippen LogP contribution >= 0.6 is 0 Å². The lowest BCUT2D eigenvalue weighted by Gasteiger charge is -2.11. The van der Waals surface area contributed by atoms with Gasteiger partial charge in [-0.3, -0.25) is 4.79 Å². The molecule has 0 aliphatic carbocycles. The predicted molar refractivity (Wildman–Crippen MR) is 101 cm³/mol. The van der Waals surface area contributed by atoms with Crippen LogP contribution in [0.25, 0.3) is 0 Å². The van der Waals surface area contributed by atoms with E-state index in [0.717, 1.165) is 0 Å². The van der Waals surface area contributed by atoms with Crippen molar-refractivity contribution in [3.63, 3.8) is 0 Å². The van der Waals surface area contributed by atoms with E-state index in [1.165, 1.54) is 6.07 Å². The van der Waals surface area contributed by atoms with Crippen molar-refractivity contribution >= 4 is 11.9 Å². The number of halogens is 1. The fraction of sp³-hybridized carbons (Fsp3) is 0.0909. The zero-order valence-electron chi connectivity index (χ0n) is 14.9. The van der Waals surface area contributed by atoms with E-state index < -0.39 is 24.3 Å². The van der Waals surface area contributed by atoms with Crippen LogP contribution in [0.5, 0.6) is 11.5 Å². The summed E-state index contributed by atoms with van der Waals surface area (Å²) in [5, 5.41) is 2.51. The standard InChI is InChI=1S/C22H18FNO4/c23-19-12-6-4-8-16(19)14-24-21(25)15-27-22(26)18-11-5-7-13-20(18)28-17-9-2-1-3-10-17/h1-13H,14-15H2,(H,24,25). The molecule has 0 atom stereocenters. The van der Waals surface area contributed by atoms with Gasteiger partial charge >= 0.3 is 5.97 Å². The number of amides is 1. The average molecular weight is 379 g/mol. The lowest BCUT2D eigenvalue weighted by Crippen LogP contribution is -2.28. The maximum absolute atomic E-state index is 13.5. The van der Waals surface area contributed by atoms with E-state index in [4.69, 9.17) is 9.47 Å². The van der Waals surface area contributed by atoms with Crippen molar-refractivity contribution in [3.05, 3.63) is 95.8 Å². The number of hydrogen-bond donors (Lipinski definition) is 1. The van der Waals surface area contributed by atoms with Gasteiger partial charge in [0.2, 0.25) is 0 Å². The van der Waals surface area contributed by atoms with Crippen molar-refractivity contribution in [3.8, 4) is 11.5 Å². The Balaban J connectivity index is 1.56. The number of benzene rings is 3. The Morgan fingerprint density at radius 1 is 0.857 bits per heavy atom. The lowest BCUT2D eigenvalue weighted by molar-refractivity contribution is -0.124. The summed E-state index contributed by atoms with van der Waals surface area (Å²) in [5.74, 6) is -0.728. The molecule has 0 heterocycles. The Morgan fingerprint density at radius 3 is 2.32 bits per heavy atom. The first-order chi connectivity index (χ1) is 13.6. The molecular formula is C22H18FNO4. The normalized spacial score (nSPS) is 10.2. The number of hydrogen-bond acceptors (Lipinski definition) is 4. The van der Waals surface area contributed by atoms with Gasteiger partial charge in [0, 0.05) is 12.1 Å². The van der Waals surface area contributed by atoms with E-state index in [9.17, 15) is 14.0 Å². The van der Waals surface area contributed by atoms with Crippen molar-refractivity contribution in [1.29, 1.82) is 0 Å². The van der Waals surface area contributed by atoms with Crippen molar-refractivity contribution in [2.24, 2.45) is 0 Å². The zero-order chi connectivity index (χ0) is 19.8. The predicted octanol–water partition coefficient (Wildman–Crippen LogP) is 4.09. The summed E-state index contributed by atoms with van der Waals surface area (Å²) < 4.78 is 24.3. The molecule has 0 saturated heterocycles. The summed E-state index contributed by atoms with van der Waals surface area (Å²) in [6.07, 6.45) is 0. The number of esters is 1. The van der Waals surface area contributed by atoms with Gasteiger partial charge in [0.1, 0.15) is 22.9 Å². The number of rotatable bonds is 7. The highest BCUT2D eigenvalue weighted by atomic mass is 19.1. The molecule has 1 N–H and O–H groups in total. The molecule has 0 saturated carbocycles. The molecule has 3 aromatic carbocycles. The number of ether oxygens (including phenoxy) is 2. The molecule has 0 fully saturated rings. The van der Waals surface area contributed by atoms with Gasteiger partial charge in [-0.2, -0.15) is 0 Å². The minimum absolute atomic E-state index is 0.0107. The molecule has 1 amide bonds. The van der Waals surface area contributed by atoms with Crippen LogP contribution in [0.4, 0.5) is 4.39 Å². The number of carbonyl (C=O) groups is 2. The Bertz CT molecular complexity index is 960. The van der Waals surface area contributed by atoms with Gasteiger partial charge in [-0.1, -0.05) is 48.5 Å². The Hall–Kier alpha value is -3.67. The van der Waals surface area contributed by atoms with Gasteiger partial charge < -0.3 is 14.8 Å². The molecule has 3 aromatic rings. The van der Waals surface area contributed by atoms with Crippen molar-refractivity contribution in [2.45, 2.75) is 6.54 Å². The summed E-state index contributed by atoms with van der Waals surface area (Å²) in [6.45, 7) is -0.469.